The number of ether oxygens (including phenoxy) is 1. The summed E-state index contributed by atoms with van der Waals surface area (Å²) in [6.07, 6.45) is -7.88. The summed E-state index contributed by atoms with van der Waals surface area (Å²) < 4.78 is 65.7. The monoisotopic (exact) mass is 281 g/mol. The summed E-state index contributed by atoms with van der Waals surface area (Å²) in [5.41, 5.74) is 3.48. The Bertz CT molecular complexity index is 495. The van der Waals surface area contributed by atoms with E-state index in [2.05, 4.69) is 9.72 Å². The molecule has 1 rings (SSSR count). The maximum atomic E-state index is 12.6. The summed E-state index contributed by atoms with van der Waals surface area (Å²) >= 11 is 0. The van der Waals surface area contributed by atoms with Crippen molar-refractivity contribution in [3.8, 4) is 11.8 Å². The number of nitrogens with zero attached hydrogens (tertiary/aromatic N) is 2. The number of rotatable bonds is 4. The molecular formula is C10H8F5N3O. The van der Waals surface area contributed by atoms with Crippen LogP contribution in [-0.2, 0) is 13.0 Å². The van der Waals surface area contributed by atoms with Gasteiger partial charge in [-0.25, -0.2) is 8.78 Å². The van der Waals surface area contributed by atoms with Gasteiger partial charge in [0.1, 0.15) is 11.4 Å². The molecule has 0 spiro atoms. The zero-order valence-corrected chi connectivity index (χ0v) is 9.34. The minimum Gasteiger partial charge on any atom is -0.405 e. The van der Waals surface area contributed by atoms with E-state index in [0.717, 1.165) is 6.20 Å². The topological polar surface area (TPSA) is 71.9 Å². The third kappa shape index (κ3) is 3.75. The van der Waals surface area contributed by atoms with Crippen LogP contribution >= 0.6 is 0 Å². The molecule has 0 aliphatic carbocycles. The number of hydrogen-bond donors (Lipinski definition) is 1. The number of halogens is 5. The van der Waals surface area contributed by atoms with E-state index in [4.69, 9.17) is 11.0 Å². The molecule has 1 aromatic rings. The van der Waals surface area contributed by atoms with E-state index in [1.54, 1.807) is 6.07 Å². The number of pyridine rings is 1. The molecule has 0 aliphatic rings. The first-order chi connectivity index (χ1) is 8.80. The Morgan fingerprint density at radius 3 is 2.47 bits per heavy atom. The molecule has 104 valence electrons. The second-order valence-electron chi connectivity index (χ2n) is 3.36. The normalized spacial score (nSPS) is 11.5. The van der Waals surface area contributed by atoms with Gasteiger partial charge in [-0.2, -0.15) is 5.26 Å². The molecule has 9 heteroatoms. The second-order valence-corrected chi connectivity index (χ2v) is 3.36. The Labute approximate surface area is 104 Å². The summed E-state index contributed by atoms with van der Waals surface area (Å²) in [6, 6.07) is 1.59. The van der Waals surface area contributed by atoms with Gasteiger partial charge in [0.15, 0.2) is 0 Å². The highest BCUT2D eigenvalue weighted by molar-refractivity contribution is 5.44. The van der Waals surface area contributed by atoms with Crippen molar-refractivity contribution in [3.63, 3.8) is 0 Å². The van der Waals surface area contributed by atoms with E-state index in [-0.39, 0.29) is 5.56 Å². The van der Waals surface area contributed by atoms with Gasteiger partial charge < -0.3 is 10.5 Å². The molecule has 4 nitrogen and oxygen atoms in total. The molecule has 0 saturated carbocycles. The van der Waals surface area contributed by atoms with Crippen LogP contribution in [0.4, 0.5) is 22.0 Å². The average molecular weight is 281 g/mol. The van der Waals surface area contributed by atoms with Crippen LogP contribution in [0.5, 0.6) is 5.75 Å². The quantitative estimate of drug-likeness (QED) is 0.860. The minimum absolute atomic E-state index is 0.246. The fourth-order valence-electron chi connectivity index (χ4n) is 1.43. The molecule has 0 unspecified atom stereocenters. The van der Waals surface area contributed by atoms with Crippen molar-refractivity contribution in [1.29, 1.82) is 5.26 Å². The van der Waals surface area contributed by atoms with Crippen LogP contribution in [0.3, 0.4) is 0 Å². The van der Waals surface area contributed by atoms with Crippen molar-refractivity contribution in [2.24, 2.45) is 5.73 Å². The fourth-order valence-corrected chi connectivity index (χ4v) is 1.43. The molecule has 0 aromatic carbocycles. The Morgan fingerprint density at radius 1 is 1.42 bits per heavy atom. The van der Waals surface area contributed by atoms with Crippen LogP contribution in [-0.4, -0.2) is 11.3 Å². The van der Waals surface area contributed by atoms with E-state index < -0.39 is 42.8 Å². The molecule has 0 radical (unpaired) electrons. The highest BCUT2D eigenvalue weighted by Crippen LogP contribution is 2.34. The van der Waals surface area contributed by atoms with E-state index in [1.807, 2.05) is 0 Å². The van der Waals surface area contributed by atoms with Crippen LogP contribution < -0.4 is 10.5 Å². The molecule has 2 N–H and O–H groups in total. The van der Waals surface area contributed by atoms with Gasteiger partial charge >= 0.3 is 6.36 Å². The lowest BCUT2D eigenvalue weighted by Crippen LogP contribution is -2.21. The molecule has 1 heterocycles. The van der Waals surface area contributed by atoms with E-state index in [9.17, 15) is 22.0 Å². The van der Waals surface area contributed by atoms with Crippen LogP contribution in [0.2, 0.25) is 0 Å². The van der Waals surface area contributed by atoms with Crippen LogP contribution in [0.1, 0.15) is 23.2 Å². The van der Waals surface area contributed by atoms with Crippen LogP contribution in [0.25, 0.3) is 0 Å². The van der Waals surface area contributed by atoms with Crippen molar-refractivity contribution in [1.82, 2.24) is 4.98 Å². The maximum Gasteiger partial charge on any atom is 0.573 e. The number of nitrogens with two attached hydrogens (primary N) is 1. The summed E-state index contributed by atoms with van der Waals surface area (Å²) in [7, 11) is 0. The molecule has 0 bridgehead atoms. The number of hydrogen-bond acceptors (Lipinski definition) is 4. The molecule has 19 heavy (non-hydrogen) atoms. The molecule has 0 aliphatic heterocycles. The van der Waals surface area contributed by atoms with Crippen LogP contribution in [0.15, 0.2) is 6.20 Å². The lowest BCUT2D eigenvalue weighted by molar-refractivity contribution is -0.275. The minimum atomic E-state index is -5.07. The van der Waals surface area contributed by atoms with Crippen molar-refractivity contribution in [3.05, 3.63) is 23.0 Å². The standard InChI is InChI=1S/C10H8F5N3O/c11-9(12)7-6(3-17)8(19-10(13,14)15)5(1-2-16)4-18-7/h4,9H,1,3,17H2. The molecular weight excluding hydrogens is 273 g/mol. The Hall–Kier alpha value is -1.95. The van der Waals surface area contributed by atoms with Gasteiger partial charge in [0.05, 0.1) is 12.5 Å². The predicted octanol–water partition coefficient (Wildman–Crippen LogP) is 2.44. The Morgan fingerprint density at radius 2 is 2.05 bits per heavy atom. The van der Waals surface area contributed by atoms with Gasteiger partial charge in [0.2, 0.25) is 0 Å². The summed E-state index contributed by atoms with van der Waals surface area (Å²) in [5, 5.41) is 8.49. The lowest BCUT2D eigenvalue weighted by atomic mass is 10.1. The number of alkyl halides is 5. The highest BCUT2D eigenvalue weighted by Gasteiger charge is 2.34. The highest BCUT2D eigenvalue weighted by atomic mass is 19.4. The molecule has 0 saturated heterocycles. The first-order valence-electron chi connectivity index (χ1n) is 4.91. The summed E-state index contributed by atoms with van der Waals surface area (Å²) in [6.45, 7) is -0.614. The van der Waals surface area contributed by atoms with E-state index in [0.29, 0.717) is 0 Å². The number of aromatic nitrogens is 1. The zero-order chi connectivity index (χ0) is 14.6. The second kappa shape index (κ2) is 5.79. The first-order valence-corrected chi connectivity index (χ1v) is 4.91. The van der Waals surface area contributed by atoms with Gasteiger partial charge in [-0.05, 0) is 0 Å². The summed E-state index contributed by atoms with van der Waals surface area (Å²) in [5.74, 6) is -0.873. The third-order valence-electron chi connectivity index (χ3n) is 2.13. The van der Waals surface area contributed by atoms with Gasteiger partial charge in [0.25, 0.3) is 6.43 Å². The predicted molar refractivity (Wildman–Crippen MR) is 53.1 cm³/mol. The maximum absolute atomic E-state index is 12.6. The smallest absolute Gasteiger partial charge is 0.405 e. The zero-order valence-electron chi connectivity index (χ0n) is 9.34. The Balaban J connectivity index is 3.41. The van der Waals surface area contributed by atoms with Crippen molar-refractivity contribution in [2.45, 2.75) is 25.8 Å². The lowest BCUT2D eigenvalue weighted by Gasteiger charge is -2.17. The Kier molecular flexibility index (Phi) is 4.61. The van der Waals surface area contributed by atoms with Gasteiger partial charge in [-0.3, -0.25) is 4.98 Å². The average Bonchev–Trinajstić information content (AvgIpc) is 2.29. The molecule has 0 fully saturated rings. The van der Waals surface area contributed by atoms with Crippen molar-refractivity contribution < 1.29 is 26.7 Å². The largest absolute Gasteiger partial charge is 0.573 e. The summed E-state index contributed by atoms with van der Waals surface area (Å²) in [4.78, 5) is 3.33. The van der Waals surface area contributed by atoms with E-state index >= 15 is 0 Å². The van der Waals surface area contributed by atoms with Gasteiger partial charge in [-0.1, -0.05) is 0 Å². The fraction of sp³-hybridized carbons (Fsp3) is 0.400. The first kappa shape index (κ1) is 15.1. The van der Waals surface area contributed by atoms with Crippen molar-refractivity contribution in [2.75, 3.05) is 0 Å². The SMILES string of the molecule is N#CCc1cnc(C(F)F)c(CN)c1OC(F)(F)F. The van der Waals surface area contributed by atoms with E-state index in [1.165, 1.54) is 0 Å². The van der Waals surface area contributed by atoms with Crippen molar-refractivity contribution >= 4 is 0 Å². The van der Waals surface area contributed by atoms with Gasteiger partial charge in [0, 0.05) is 23.9 Å². The van der Waals surface area contributed by atoms with Crippen LogP contribution in [0, 0.1) is 11.3 Å². The molecule has 0 atom stereocenters. The van der Waals surface area contributed by atoms with Gasteiger partial charge in [-0.15, -0.1) is 13.2 Å². The third-order valence-corrected chi connectivity index (χ3v) is 2.13. The molecule has 1 aromatic heterocycles. The number of nitriles is 1. The molecule has 0 amide bonds.